The largest absolute Gasteiger partial charge is 0.322 e. The fraction of sp³-hybridized carbons (Fsp3) is 0.316. The van der Waals surface area contributed by atoms with Gasteiger partial charge in [0.2, 0.25) is 0 Å². The van der Waals surface area contributed by atoms with Crippen LogP contribution in [0.4, 0.5) is 10.5 Å². The Hall–Kier alpha value is -2.29. The van der Waals surface area contributed by atoms with Crippen molar-refractivity contribution in [2.24, 2.45) is 5.92 Å². The predicted molar refractivity (Wildman–Crippen MR) is 89.6 cm³/mol. The van der Waals surface area contributed by atoms with Crippen molar-refractivity contribution in [3.05, 3.63) is 66.2 Å². The van der Waals surface area contributed by atoms with E-state index < -0.39 is 0 Å². The molecule has 0 bridgehead atoms. The van der Waals surface area contributed by atoms with Crippen molar-refractivity contribution >= 4 is 11.7 Å². The summed E-state index contributed by atoms with van der Waals surface area (Å²) in [6.07, 6.45) is 2.45. The minimum atomic E-state index is -0.0190. The summed E-state index contributed by atoms with van der Waals surface area (Å²) in [5.41, 5.74) is 2.01. The standard InChI is InChI=1S/C19H22N2O/c1-15(17-12-13-17)21(14-16-8-4-2-5-9-16)19(22)20-18-10-6-3-7-11-18/h2-11,15,17H,12-14H2,1H3,(H,20,22). The molecule has 0 aliphatic heterocycles. The van der Waals surface area contributed by atoms with E-state index in [4.69, 9.17) is 0 Å². The normalized spacial score (nSPS) is 15.1. The molecule has 2 aromatic carbocycles. The monoisotopic (exact) mass is 294 g/mol. The van der Waals surface area contributed by atoms with E-state index in [9.17, 15) is 4.79 Å². The van der Waals surface area contributed by atoms with Crippen LogP contribution in [0.25, 0.3) is 0 Å². The fourth-order valence-corrected chi connectivity index (χ4v) is 2.73. The van der Waals surface area contributed by atoms with Crippen molar-refractivity contribution < 1.29 is 4.79 Å². The maximum absolute atomic E-state index is 12.7. The minimum absolute atomic E-state index is 0.0190. The van der Waals surface area contributed by atoms with E-state index in [2.05, 4.69) is 24.4 Å². The molecule has 1 unspecified atom stereocenters. The number of carbonyl (C=O) groups is 1. The van der Waals surface area contributed by atoms with Crippen molar-refractivity contribution in [2.75, 3.05) is 5.32 Å². The number of carbonyl (C=O) groups excluding carboxylic acids is 1. The molecule has 1 N–H and O–H groups in total. The minimum Gasteiger partial charge on any atom is -0.317 e. The molecular weight excluding hydrogens is 272 g/mol. The molecule has 0 heterocycles. The van der Waals surface area contributed by atoms with Gasteiger partial charge in [0.1, 0.15) is 0 Å². The summed E-state index contributed by atoms with van der Waals surface area (Å²) in [4.78, 5) is 14.7. The highest BCUT2D eigenvalue weighted by Gasteiger charge is 2.34. The highest BCUT2D eigenvalue weighted by atomic mass is 16.2. The first kappa shape index (κ1) is 14.6. The van der Waals surface area contributed by atoms with E-state index in [1.54, 1.807) is 0 Å². The number of nitrogens with one attached hydrogen (secondary N) is 1. The molecule has 2 aromatic rings. The Kier molecular flexibility index (Phi) is 4.42. The average Bonchev–Trinajstić information content (AvgIpc) is 3.39. The number of benzene rings is 2. The van der Waals surface area contributed by atoms with E-state index >= 15 is 0 Å². The molecule has 3 nitrogen and oxygen atoms in total. The predicted octanol–water partition coefficient (Wildman–Crippen LogP) is 4.52. The molecule has 1 fully saturated rings. The number of para-hydroxylation sites is 1. The number of anilines is 1. The second-order valence-corrected chi connectivity index (χ2v) is 5.99. The van der Waals surface area contributed by atoms with Crippen LogP contribution >= 0.6 is 0 Å². The Labute approximate surface area is 132 Å². The highest BCUT2D eigenvalue weighted by Crippen LogP contribution is 2.35. The van der Waals surface area contributed by atoms with Gasteiger partial charge in [0.05, 0.1) is 0 Å². The maximum Gasteiger partial charge on any atom is 0.322 e. The van der Waals surface area contributed by atoms with E-state index in [0.717, 1.165) is 5.69 Å². The van der Waals surface area contributed by atoms with Crippen molar-refractivity contribution in [1.82, 2.24) is 4.90 Å². The smallest absolute Gasteiger partial charge is 0.317 e. The van der Waals surface area contributed by atoms with Gasteiger partial charge in [-0.3, -0.25) is 0 Å². The SMILES string of the molecule is CC(C1CC1)N(Cc1ccccc1)C(=O)Nc1ccccc1. The van der Waals surface area contributed by atoms with Crippen LogP contribution < -0.4 is 5.32 Å². The first-order chi connectivity index (χ1) is 10.7. The lowest BCUT2D eigenvalue weighted by atomic mass is 10.1. The van der Waals surface area contributed by atoms with Gasteiger partial charge in [-0.05, 0) is 43.4 Å². The van der Waals surface area contributed by atoms with Crippen LogP contribution in [-0.2, 0) is 6.54 Å². The summed E-state index contributed by atoms with van der Waals surface area (Å²) in [7, 11) is 0. The number of rotatable bonds is 5. The van der Waals surface area contributed by atoms with Gasteiger partial charge in [-0.2, -0.15) is 0 Å². The Morgan fingerprint density at radius 2 is 1.68 bits per heavy atom. The molecule has 3 rings (SSSR count). The van der Waals surface area contributed by atoms with E-state index in [0.29, 0.717) is 12.5 Å². The van der Waals surface area contributed by atoms with Gasteiger partial charge in [0.15, 0.2) is 0 Å². The zero-order chi connectivity index (χ0) is 15.4. The third kappa shape index (κ3) is 3.67. The maximum atomic E-state index is 12.7. The zero-order valence-electron chi connectivity index (χ0n) is 12.9. The van der Waals surface area contributed by atoms with Crippen molar-refractivity contribution in [3.63, 3.8) is 0 Å². The summed E-state index contributed by atoms with van der Waals surface area (Å²) in [5.74, 6) is 0.644. The van der Waals surface area contributed by atoms with Crippen LogP contribution in [0, 0.1) is 5.92 Å². The summed E-state index contributed by atoms with van der Waals surface area (Å²) in [6, 6.07) is 20.1. The summed E-state index contributed by atoms with van der Waals surface area (Å²) in [6.45, 7) is 2.81. The molecule has 0 saturated heterocycles. The first-order valence-corrected chi connectivity index (χ1v) is 7.90. The molecule has 1 aliphatic rings. The van der Waals surface area contributed by atoms with Gasteiger partial charge in [0.25, 0.3) is 0 Å². The van der Waals surface area contributed by atoms with Crippen molar-refractivity contribution in [1.29, 1.82) is 0 Å². The average molecular weight is 294 g/mol. The molecule has 1 atom stereocenters. The molecule has 3 heteroatoms. The molecule has 0 spiro atoms. The van der Waals surface area contributed by atoms with E-state index in [1.165, 1.54) is 18.4 Å². The number of nitrogens with zero attached hydrogens (tertiary/aromatic N) is 1. The molecular formula is C19H22N2O. The molecule has 1 saturated carbocycles. The first-order valence-electron chi connectivity index (χ1n) is 7.90. The topological polar surface area (TPSA) is 32.3 Å². The van der Waals surface area contributed by atoms with Crippen LogP contribution in [0.5, 0.6) is 0 Å². The molecule has 22 heavy (non-hydrogen) atoms. The molecule has 114 valence electrons. The van der Waals surface area contributed by atoms with Gasteiger partial charge in [-0.15, -0.1) is 0 Å². The highest BCUT2D eigenvalue weighted by molar-refractivity contribution is 5.89. The van der Waals surface area contributed by atoms with Crippen LogP contribution in [0.2, 0.25) is 0 Å². The van der Waals surface area contributed by atoms with Crippen molar-refractivity contribution in [3.8, 4) is 0 Å². The Bertz CT molecular complexity index is 608. The second-order valence-electron chi connectivity index (χ2n) is 5.99. The van der Waals surface area contributed by atoms with Crippen LogP contribution in [-0.4, -0.2) is 17.0 Å². The van der Waals surface area contributed by atoms with E-state index in [1.807, 2.05) is 53.4 Å². The van der Waals surface area contributed by atoms with Crippen molar-refractivity contribution in [2.45, 2.75) is 32.4 Å². The zero-order valence-corrected chi connectivity index (χ0v) is 12.9. The lowest BCUT2D eigenvalue weighted by Gasteiger charge is -2.29. The third-order valence-electron chi connectivity index (χ3n) is 4.28. The summed E-state index contributed by atoms with van der Waals surface area (Å²) in [5, 5.41) is 3.01. The van der Waals surface area contributed by atoms with Gasteiger partial charge >= 0.3 is 6.03 Å². The summed E-state index contributed by atoms with van der Waals surface area (Å²) >= 11 is 0. The number of urea groups is 1. The number of hydrogen-bond acceptors (Lipinski definition) is 1. The fourth-order valence-electron chi connectivity index (χ4n) is 2.73. The van der Waals surface area contributed by atoms with E-state index in [-0.39, 0.29) is 12.1 Å². The third-order valence-corrected chi connectivity index (χ3v) is 4.28. The number of amides is 2. The second kappa shape index (κ2) is 6.65. The Morgan fingerprint density at radius 3 is 2.27 bits per heavy atom. The molecule has 1 aliphatic carbocycles. The Balaban J connectivity index is 1.74. The molecule has 0 radical (unpaired) electrons. The van der Waals surface area contributed by atoms with Crippen LogP contribution in [0.1, 0.15) is 25.3 Å². The summed E-state index contributed by atoms with van der Waals surface area (Å²) < 4.78 is 0. The van der Waals surface area contributed by atoms with Crippen LogP contribution in [0.15, 0.2) is 60.7 Å². The van der Waals surface area contributed by atoms with Gasteiger partial charge in [-0.1, -0.05) is 48.5 Å². The number of hydrogen-bond donors (Lipinski definition) is 1. The van der Waals surface area contributed by atoms with Gasteiger partial charge < -0.3 is 10.2 Å². The lowest BCUT2D eigenvalue weighted by molar-refractivity contribution is 0.181. The lowest BCUT2D eigenvalue weighted by Crippen LogP contribution is -2.42. The van der Waals surface area contributed by atoms with Crippen LogP contribution in [0.3, 0.4) is 0 Å². The molecule has 0 aromatic heterocycles. The molecule has 2 amide bonds. The van der Waals surface area contributed by atoms with Gasteiger partial charge in [-0.25, -0.2) is 4.79 Å². The van der Waals surface area contributed by atoms with Gasteiger partial charge in [0, 0.05) is 18.3 Å². The quantitative estimate of drug-likeness (QED) is 0.864. The Morgan fingerprint density at radius 1 is 1.09 bits per heavy atom.